The van der Waals surface area contributed by atoms with E-state index in [0.29, 0.717) is 18.3 Å². The zero-order chi connectivity index (χ0) is 20.8. The van der Waals surface area contributed by atoms with Crippen LogP contribution in [0.15, 0.2) is 24.3 Å². The monoisotopic (exact) mass is 416 g/mol. The number of carbonyl (C=O) groups is 1. The summed E-state index contributed by atoms with van der Waals surface area (Å²) in [5.41, 5.74) is 0.671. The predicted molar refractivity (Wildman–Crippen MR) is 117 cm³/mol. The van der Waals surface area contributed by atoms with Gasteiger partial charge in [0, 0.05) is 32.9 Å². The quantitative estimate of drug-likeness (QED) is 0.624. The molecule has 4 rings (SSSR count). The Kier molecular flexibility index (Phi) is 7.16. The number of hydrogen-bond donors (Lipinski definition) is 1. The third kappa shape index (κ3) is 5.67. The fraction of sp³-hybridized carbons (Fsp3) is 0.708. The van der Waals surface area contributed by atoms with Crippen LogP contribution < -0.4 is 10.1 Å². The normalized spacial score (nSPS) is 23.4. The van der Waals surface area contributed by atoms with Gasteiger partial charge in [-0.2, -0.15) is 0 Å². The summed E-state index contributed by atoms with van der Waals surface area (Å²) < 4.78 is 17.7. The minimum Gasteiger partial charge on any atom is -0.492 e. The summed E-state index contributed by atoms with van der Waals surface area (Å²) in [6, 6.07) is 7.54. The van der Waals surface area contributed by atoms with Crippen LogP contribution in [0.1, 0.15) is 51.9 Å². The number of piperidine rings is 1. The molecule has 1 saturated carbocycles. The molecule has 1 aromatic rings. The molecule has 2 heterocycles. The lowest BCUT2D eigenvalue weighted by molar-refractivity contribution is -0.125. The second kappa shape index (κ2) is 10.0. The van der Waals surface area contributed by atoms with Gasteiger partial charge in [-0.05, 0) is 75.8 Å². The SMILES string of the molecule is CCOc1ccccc1NC(=O)N1CCC2(CC1)CC(CCOCC1CC1)CCO2. The molecule has 3 aliphatic rings. The summed E-state index contributed by atoms with van der Waals surface area (Å²) in [6.45, 7) is 6.64. The molecule has 0 bridgehead atoms. The maximum Gasteiger partial charge on any atom is 0.321 e. The molecule has 1 spiro atoms. The summed E-state index contributed by atoms with van der Waals surface area (Å²) in [5, 5.41) is 3.02. The van der Waals surface area contributed by atoms with Crippen molar-refractivity contribution in [3.63, 3.8) is 0 Å². The molecule has 166 valence electrons. The summed E-state index contributed by atoms with van der Waals surface area (Å²) in [6.07, 6.45) is 7.88. The molecule has 6 nitrogen and oxygen atoms in total. The van der Waals surface area contributed by atoms with Crippen LogP contribution in [0.25, 0.3) is 0 Å². The lowest BCUT2D eigenvalue weighted by atomic mass is 9.78. The number of para-hydroxylation sites is 2. The standard InChI is InChI=1S/C24H36N2O4/c1-2-29-22-6-4-3-5-21(22)25-23(27)26-13-11-24(12-14-26)17-19(10-16-30-24)9-15-28-18-20-7-8-20/h3-6,19-20H,2,7-18H2,1H3,(H,25,27). The number of anilines is 1. The van der Waals surface area contributed by atoms with Crippen LogP contribution in [-0.4, -0.2) is 56.0 Å². The Balaban J connectivity index is 1.24. The van der Waals surface area contributed by atoms with E-state index in [4.69, 9.17) is 14.2 Å². The van der Waals surface area contributed by atoms with Gasteiger partial charge in [0.1, 0.15) is 5.75 Å². The molecular formula is C24H36N2O4. The Morgan fingerprint density at radius 3 is 2.77 bits per heavy atom. The van der Waals surface area contributed by atoms with Crippen LogP contribution in [0.4, 0.5) is 10.5 Å². The average Bonchev–Trinajstić information content (AvgIpc) is 3.58. The Morgan fingerprint density at radius 1 is 1.20 bits per heavy atom. The minimum absolute atomic E-state index is 0.0561. The lowest BCUT2D eigenvalue weighted by Crippen LogP contribution is -2.51. The Labute approximate surface area is 180 Å². The molecule has 1 aromatic carbocycles. The first-order chi connectivity index (χ1) is 14.7. The van der Waals surface area contributed by atoms with Gasteiger partial charge in [0.15, 0.2) is 0 Å². The molecule has 0 radical (unpaired) electrons. The summed E-state index contributed by atoms with van der Waals surface area (Å²) in [7, 11) is 0. The van der Waals surface area contributed by atoms with E-state index in [9.17, 15) is 4.79 Å². The van der Waals surface area contributed by atoms with Crippen molar-refractivity contribution in [2.45, 2.75) is 57.5 Å². The molecule has 1 atom stereocenters. The van der Waals surface area contributed by atoms with Gasteiger partial charge in [0.25, 0.3) is 0 Å². The fourth-order valence-electron chi connectivity index (χ4n) is 4.67. The van der Waals surface area contributed by atoms with Crippen LogP contribution in [0.3, 0.4) is 0 Å². The van der Waals surface area contributed by atoms with Gasteiger partial charge in [0.05, 0.1) is 17.9 Å². The second-order valence-electron chi connectivity index (χ2n) is 9.04. The van der Waals surface area contributed by atoms with Crippen molar-refractivity contribution in [2.75, 3.05) is 44.8 Å². The highest BCUT2D eigenvalue weighted by atomic mass is 16.5. The highest BCUT2D eigenvalue weighted by Gasteiger charge is 2.41. The second-order valence-corrected chi connectivity index (χ2v) is 9.04. The highest BCUT2D eigenvalue weighted by molar-refractivity contribution is 5.91. The topological polar surface area (TPSA) is 60.0 Å². The van der Waals surface area contributed by atoms with Gasteiger partial charge in [-0.3, -0.25) is 0 Å². The number of urea groups is 1. The van der Waals surface area contributed by atoms with Crippen LogP contribution in [0.2, 0.25) is 0 Å². The van der Waals surface area contributed by atoms with E-state index in [2.05, 4.69) is 5.32 Å². The summed E-state index contributed by atoms with van der Waals surface area (Å²) >= 11 is 0. The molecule has 6 heteroatoms. The van der Waals surface area contributed by atoms with Crippen LogP contribution >= 0.6 is 0 Å². The third-order valence-corrected chi connectivity index (χ3v) is 6.71. The van der Waals surface area contributed by atoms with Gasteiger partial charge >= 0.3 is 6.03 Å². The number of carbonyl (C=O) groups excluding carboxylic acids is 1. The van der Waals surface area contributed by atoms with Crippen molar-refractivity contribution in [3.8, 4) is 5.75 Å². The molecule has 2 saturated heterocycles. The molecule has 30 heavy (non-hydrogen) atoms. The zero-order valence-corrected chi connectivity index (χ0v) is 18.2. The van der Waals surface area contributed by atoms with E-state index in [0.717, 1.165) is 76.6 Å². The minimum atomic E-state index is -0.0576. The van der Waals surface area contributed by atoms with Crippen LogP contribution in [-0.2, 0) is 9.47 Å². The lowest BCUT2D eigenvalue weighted by Gasteiger charge is -2.46. The number of nitrogens with one attached hydrogen (secondary N) is 1. The number of amides is 2. The van der Waals surface area contributed by atoms with E-state index >= 15 is 0 Å². The fourth-order valence-corrected chi connectivity index (χ4v) is 4.67. The predicted octanol–water partition coefficient (Wildman–Crippen LogP) is 4.70. The van der Waals surface area contributed by atoms with E-state index in [1.54, 1.807) is 0 Å². The van der Waals surface area contributed by atoms with Crippen molar-refractivity contribution in [1.29, 1.82) is 0 Å². The van der Waals surface area contributed by atoms with Crippen molar-refractivity contribution in [3.05, 3.63) is 24.3 Å². The first kappa shape index (κ1) is 21.4. The first-order valence-electron chi connectivity index (χ1n) is 11.7. The molecular weight excluding hydrogens is 380 g/mol. The van der Waals surface area contributed by atoms with Gasteiger partial charge < -0.3 is 24.4 Å². The average molecular weight is 417 g/mol. The van der Waals surface area contributed by atoms with Crippen LogP contribution in [0, 0.1) is 11.8 Å². The molecule has 1 aliphatic carbocycles. The van der Waals surface area contributed by atoms with Crippen molar-refractivity contribution >= 4 is 11.7 Å². The summed E-state index contributed by atoms with van der Waals surface area (Å²) in [5.74, 6) is 2.22. The Bertz CT molecular complexity index is 698. The smallest absolute Gasteiger partial charge is 0.321 e. The van der Waals surface area contributed by atoms with E-state index in [1.807, 2.05) is 36.1 Å². The first-order valence-corrected chi connectivity index (χ1v) is 11.7. The maximum absolute atomic E-state index is 12.8. The number of ether oxygens (including phenoxy) is 3. The maximum atomic E-state index is 12.8. The molecule has 2 aliphatic heterocycles. The molecule has 0 aromatic heterocycles. The molecule has 1 unspecified atom stereocenters. The zero-order valence-electron chi connectivity index (χ0n) is 18.2. The van der Waals surface area contributed by atoms with E-state index in [-0.39, 0.29) is 11.6 Å². The molecule has 1 N–H and O–H groups in total. The van der Waals surface area contributed by atoms with E-state index in [1.165, 1.54) is 12.8 Å². The molecule has 3 fully saturated rings. The van der Waals surface area contributed by atoms with Crippen molar-refractivity contribution in [2.24, 2.45) is 11.8 Å². The Hall–Kier alpha value is -1.79. The summed E-state index contributed by atoms with van der Waals surface area (Å²) in [4.78, 5) is 14.7. The largest absolute Gasteiger partial charge is 0.492 e. The van der Waals surface area contributed by atoms with Crippen molar-refractivity contribution in [1.82, 2.24) is 4.90 Å². The number of benzene rings is 1. The van der Waals surface area contributed by atoms with Gasteiger partial charge in [0.2, 0.25) is 0 Å². The molecule has 2 amide bonds. The van der Waals surface area contributed by atoms with Gasteiger partial charge in [-0.15, -0.1) is 0 Å². The van der Waals surface area contributed by atoms with Crippen molar-refractivity contribution < 1.29 is 19.0 Å². The Morgan fingerprint density at radius 2 is 2.00 bits per heavy atom. The number of nitrogens with zero attached hydrogens (tertiary/aromatic N) is 1. The highest BCUT2D eigenvalue weighted by Crippen LogP contribution is 2.39. The van der Waals surface area contributed by atoms with Gasteiger partial charge in [-0.1, -0.05) is 12.1 Å². The van der Waals surface area contributed by atoms with Crippen LogP contribution in [0.5, 0.6) is 5.75 Å². The van der Waals surface area contributed by atoms with E-state index < -0.39 is 0 Å². The number of hydrogen-bond acceptors (Lipinski definition) is 4. The third-order valence-electron chi connectivity index (χ3n) is 6.71. The number of rotatable bonds is 8. The number of likely N-dealkylation sites (tertiary alicyclic amines) is 1. The van der Waals surface area contributed by atoms with Gasteiger partial charge in [-0.25, -0.2) is 4.79 Å².